The molecule has 2 saturated carbocycles. The standard InChI is InChI=1S/C15H18O2S/c16-14(17)15(9-3-4-10-15)12-5-1-2-6-13(12)18-11-7-8-11/h1-2,5-6,11H,3-4,7-10H2,(H,16,17). The van der Waals surface area contributed by atoms with Crippen molar-refractivity contribution in [2.24, 2.45) is 0 Å². The molecule has 18 heavy (non-hydrogen) atoms. The Morgan fingerprint density at radius 1 is 1.22 bits per heavy atom. The van der Waals surface area contributed by atoms with Crippen molar-refractivity contribution in [2.45, 2.75) is 54.1 Å². The van der Waals surface area contributed by atoms with Crippen molar-refractivity contribution in [1.29, 1.82) is 0 Å². The minimum absolute atomic E-state index is 0.613. The third-order valence-electron chi connectivity index (χ3n) is 4.09. The molecule has 0 aliphatic heterocycles. The molecule has 1 aromatic rings. The number of rotatable bonds is 4. The van der Waals surface area contributed by atoms with E-state index in [2.05, 4.69) is 6.07 Å². The van der Waals surface area contributed by atoms with E-state index >= 15 is 0 Å². The van der Waals surface area contributed by atoms with Crippen molar-refractivity contribution in [3.8, 4) is 0 Å². The van der Waals surface area contributed by atoms with Crippen LogP contribution in [0.25, 0.3) is 0 Å². The van der Waals surface area contributed by atoms with Crippen LogP contribution in [0.3, 0.4) is 0 Å². The summed E-state index contributed by atoms with van der Waals surface area (Å²) in [6.45, 7) is 0. The van der Waals surface area contributed by atoms with Crippen molar-refractivity contribution < 1.29 is 9.90 Å². The topological polar surface area (TPSA) is 37.3 Å². The van der Waals surface area contributed by atoms with Gasteiger partial charge in [-0.05, 0) is 37.3 Å². The van der Waals surface area contributed by atoms with Crippen molar-refractivity contribution in [3.63, 3.8) is 0 Å². The van der Waals surface area contributed by atoms with E-state index in [1.54, 1.807) is 0 Å². The molecular formula is C15H18O2S. The highest BCUT2D eigenvalue weighted by Gasteiger charge is 2.44. The van der Waals surface area contributed by atoms with Crippen LogP contribution in [0.1, 0.15) is 44.1 Å². The highest BCUT2D eigenvalue weighted by molar-refractivity contribution is 8.00. The number of benzene rings is 1. The van der Waals surface area contributed by atoms with E-state index in [1.807, 2.05) is 30.0 Å². The average Bonchev–Trinajstić information content (AvgIpc) is 3.04. The molecule has 2 fully saturated rings. The molecule has 1 aromatic carbocycles. The van der Waals surface area contributed by atoms with E-state index in [-0.39, 0.29) is 0 Å². The first-order valence-electron chi connectivity index (χ1n) is 6.72. The third-order valence-corrected chi connectivity index (χ3v) is 5.50. The molecule has 2 nitrogen and oxygen atoms in total. The number of hydrogen-bond acceptors (Lipinski definition) is 2. The fourth-order valence-electron chi connectivity index (χ4n) is 2.91. The predicted octanol–water partition coefficient (Wildman–Crippen LogP) is 3.84. The maximum atomic E-state index is 11.8. The Labute approximate surface area is 112 Å². The first-order chi connectivity index (χ1) is 8.72. The average molecular weight is 262 g/mol. The van der Waals surface area contributed by atoms with Crippen LogP contribution < -0.4 is 0 Å². The van der Waals surface area contributed by atoms with Gasteiger partial charge in [0.15, 0.2) is 0 Å². The van der Waals surface area contributed by atoms with Gasteiger partial charge in [-0.2, -0.15) is 0 Å². The summed E-state index contributed by atoms with van der Waals surface area (Å²) in [6, 6.07) is 8.14. The number of carbonyl (C=O) groups is 1. The van der Waals surface area contributed by atoms with Gasteiger partial charge in [0.05, 0.1) is 5.41 Å². The van der Waals surface area contributed by atoms with Gasteiger partial charge in [-0.15, -0.1) is 11.8 Å². The minimum Gasteiger partial charge on any atom is -0.481 e. The van der Waals surface area contributed by atoms with Gasteiger partial charge < -0.3 is 5.11 Å². The molecule has 3 rings (SSSR count). The fourth-order valence-corrected chi connectivity index (χ4v) is 4.19. The summed E-state index contributed by atoms with van der Waals surface area (Å²) in [5, 5.41) is 10.4. The lowest BCUT2D eigenvalue weighted by atomic mass is 9.79. The van der Waals surface area contributed by atoms with Crippen LogP contribution in [-0.2, 0) is 10.2 Å². The molecule has 2 aliphatic rings. The first kappa shape index (κ1) is 12.1. The molecule has 0 bridgehead atoms. The van der Waals surface area contributed by atoms with Gasteiger partial charge in [0.25, 0.3) is 0 Å². The minimum atomic E-state index is -0.635. The Morgan fingerprint density at radius 3 is 2.50 bits per heavy atom. The molecule has 3 heteroatoms. The number of thioether (sulfide) groups is 1. The molecule has 0 amide bonds. The van der Waals surface area contributed by atoms with Gasteiger partial charge in [-0.25, -0.2) is 0 Å². The van der Waals surface area contributed by atoms with Crippen LogP contribution in [0.4, 0.5) is 0 Å². The SMILES string of the molecule is O=C(O)C1(c2ccccc2SC2CC2)CCCC1. The lowest BCUT2D eigenvalue weighted by Gasteiger charge is -2.26. The number of hydrogen-bond donors (Lipinski definition) is 1. The Bertz CT molecular complexity index is 459. The highest BCUT2D eigenvalue weighted by atomic mass is 32.2. The second-order valence-electron chi connectivity index (χ2n) is 5.41. The smallest absolute Gasteiger partial charge is 0.314 e. The van der Waals surface area contributed by atoms with Gasteiger partial charge in [-0.1, -0.05) is 31.0 Å². The van der Waals surface area contributed by atoms with Crippen LogP contribution in [0, 0.1) is 0 Å². The quantitative estimate of drug-likeness (QED) is 0.895. The van der Waals surface area contributed by atoms with Gasteiger partial charge >= 0.3 is 5.97 Å². The summed E-state index contributed by atoms with van der Waals surface area (Å²) in [6.07, 6.45) is 6.22. The predicted molar refractivity (Wildman–Crippen MR) is 73.1 cm³/mol. The van der Waals surface area contributed by atoms with E-state index < -0.39 is 11.4 Å². The molecule has 0 radical (unpaired) electrons. The molecule has 0 spiro atoms. The Kier molecular flexibility index (Phi) is 3.10. The van der Waals surface area contributed by atoms with Gasteiger partial charge in [0, 0.05) is 10.1 Å². The van der Waals surface area contributed by atoms with Crippen LogP contribution in [-0.4, -0.2) is 16.3 Å². The summed E-state index contributed by atoms with van der Waals surface area (Å²) in [5.41, 5.74) is 0.449. The Morgan fingerprint density at radius 2 is 1.89 bits per heavy atom. The lowest BCUT2D eigenvalue weighted by molar-refractivity contribution is -0.143. The summed E-state index contributed by atoms with van der Waals surface area (Å²) in [4.78, 5) is 13.0. The summed E-state index contributed by atoms with van der Waals surface area (Å²) < 4.78 is 0. The van der Waals surface area contributed by atoms with E-state index in [0.717, 1.165) is 36.5 Å². The number of carboxylic acids is 1. The maximum absolute atomic E-state index is 11.8. The zero-order chi connectivity index (χ0) is 12.6. The molecule has 0 aromatic heterocycles. The normalized spacial score (nSPS) is 22.0. The van der Waals surface area contributed by atoms with Gasteiger partial charge in [0.1, 0.15) is 0 Å². The molecule has 2 aliphatic carbocycles. The van der Waals surface area contributed by atoms with Crippen LogP contribution in [0.15, 0.2) is 29.2 Å². The molecule has 0 unspecified atom stereocenters. The lowest BCUT2D eigenvalue weighted by Crippen LogP contribution is -2.33. The van der Waals surface area contributed by atoms with E-state index in [9.17, 15) is 9.90 Å². The zero-order valence-corrected chi connectivity index (χ0v) is 11.2. The molecule has 0 heterocycles. The second-order valence-corrected chi connectivity index (χ2v) is 6.75. The number of carboxylic acid groups (broad SMARTS) is 1. The molecule has 1 N–H and O–H groups in total. The van der Waals surface area contributed by atoms with Crippen LogP contribution in [0.2, 0.25) is 0 Å². The van der Waals surface area contributed by atoms with Crippen LogP contribution >= 0.6 is 11.8 Å². The van der Waals surface area contributed by atoms with Gasteiger partial charge in [0.2, 0.25) is 0 Å². The zero-order valence-electron chi connectivity index (χ0n) is 10.4. The van der Waals surface area contributed by atoms with E-state index in [0.29, 0.717) is 0 Å². The fraction of sp³-hybridized carbons (Fsp3) is 0.533. The van der Waals surface area contributed by atoms with Gasteiger partial charge in [-0.3, -0.25) is 4.79 Å². The van der Waals surface area contributed by atoms with E-state index in [4.69, 9.17) is 0 Å². The van der Waals surface area contributed by atoms with Crippen LogP contribution in [0.5, 0.6) is 0 Å². The third kappa shape index (κ3) is 2.05. The van der Waals surface area contributed by atoms with E-state index in [1.165, 1.54) is 17.7 Å². The second kappa shape index (κ2) is 4.61. The maximum Gasteiger partial charge on any atom is 0.314 e. The first-order valence-corrected chi connectivity index (χ1v) is 7.60. The highest BCUT2D eigenvalue weighted by Crippen LogP contribution is 2.48. The monoisotopic (exact) mass is 262 g/mol. The summed E-state index contributed by atoms with van der Waals surface area (Å²) in [5.74, 6) is -0.635. The van der Waals surface area contributed by atoms with Crippen molar-refractivity contribution >= 4 is 17.7 Å². The molecule has 0 atom stereocenters. The Balaban J connectivity index is 2.00. The molecule has 96 valence electrons. The Hall–Kier alpha value is -0.960. The summed E-state index contributed by atoms with van der Waals surface area (Å²) in [7, 11) is 0. The largest absolute Gasteiger partial charge is 0.481 e. The molecular weight excluding hydrogens is 244 g/mol. The molecule has 0 saturated heterocycles. The van der Waals surface area contributed by atoms with Crippen molar-refractivity contribution in [3.05, 3.63) is 29.8 Å². The summed E-state index contributed by atoms with van der Waals surface area (Å²) >= 11 is 1.88. The number of aliphatic carboxylic acids is 1. The van der Waals surface area contributed by atoms with Crippen molar-refractivity contribution in [1.82, 2.24) is 0 Å². The van der Waals surface area contributed by atoms with Crippen molar-refractivity contribution in [2.75, 3.05) is 0 Å².